The molecule has 2 unspecified atom stereocenters. The Morgan fingerprint density at radius 2 is 0.638 bits per heavy atom. The number of aromatic nitrogens is 4. The maximum atomic E-state index is 5.67. The minimum absolute atomic E-state index is 0.286. The van der Waals surface area contributed by atoms with Crippen molar-refractivity contribution < 1.29 is 0 Å². The highest BCUT2D eigenvalue weighted by Gasteiger charge is 2.27. The van der Waals surface area contributed by atoms with E-state index in [2.05, 4.69) is 218 Å². The number of rotatable bonds is 6. The molecule has 5 heteroatoms. The van der Waals surface area contributed by atoms with E-state index >= 15 is 0 Å². The number of nitrogens with one attached hydrogen (secondary N) is 3. The van der Waals surface area contributed by atoms with Crippen LogP contribution in [0.4, 0.5) is 0 Å². The van der Waals surface area contributed by atoms with Gasteiger partial charge in [-0.3, -0.25) is 0 Å². The van der Waals surface area contributed by atoms with Gasteiger partial charge in [0.25, 0.3) is 0 Å². The zero-order valence-corrected chi connectivity index (χ0v) is 41.7. The van der Waals surface area contributed by atoms with Crippen molar-refractivity contribution in [3.05, 3.63) is 199 Å². The fourth-order valence-electron chi connectivity index (χ4n) is 12.0. The molecule has 3 aliphatic rings. The van der Waals surface area contributed by atoms with Crippen LogP contribution in [0.1, 0.15) is 114 Å². The van der Waals surface area contributed by atoms with Gasteiger partial charge in [0.2, 0.25) is 0 Å². The monoisotopic (exact) mass is 899 g/mol. The minimum Gasteiger partial charge on any atom is -0.354 e. The summed E-state index contributed by atoms with van der Waals surface area (Å²) in [6.45, 7) is 22.1. The van der Waals surface area contributed by atoms with Gasteiger partial charge in [0.05, 0.1) is 22.8 Å². The van der Waals surface area contributed by atoms with Crippen molar-refractivity contribution in [1.29, 1.82) is 0 Å². The van der Waals surface area contributed by atoms with Crippen LogP contribution < -0.4 is 5.32 Å². The lowest BCUT2D eigenvalue weighted by molar-refractivity contribution is 0.574. The fraction of sp³-hybridized carbons (Fsp3) is 0.219. The van der Waals surface area contributed by atoms with Crippen molar-refractivity contribution in [2.75, 3.05) is 0 Å². The van der Waals surface area contributed by atoms with Gasteiger partial charge in [0, 0.05) is 56.4 Å². The van der Waals surface area contributed by atoms with Gasteiger partial charge in [-0.1, -0.05) is 107 Å². The normalized spacial score (nSPS) is 15.4. The Bertz CT molecular complexity index is 3500. The third kappa shape index (κ3) is 7.99. The van der Waals surface area contributed by atoms with E-state index in [1.807, 2.05) is 0 Å². The summed E-state index contributed by atoms with van der Waals surface area (Å²) in [4.78, 5) is 19.3. The summed E-state index contributed by atoms with van der Waals surface area (Å²) in [5.41, 5.74) is 31.8. The molecule has 0 spiro atoms. The third-order valence-corrected chi connectivity index (χ3v) is 14.8. The molecule has 0 saturated carbocycles. The van der Waals surface area contributed by atoms with Crippen LogP contribution in [0, 0.1) is 69.2 Å². The second-order valence-corrected chi connectivity index (χ2v) is 20.2. The van der Waals surface area contributed by atoms with E-state index in [4.69, 9.17) is 9.97 Å². The third-order valence-electron chi connectivity index (χ3n) is 14.8. The predicted molar refractivity (Wildman–Crippen MR) is 292 cm³/mol. The Morgan fingerprint density at radius 1 is 0.333 bits per heavy atom. The summed E-state index contributed by atoms with van der Waals surface area (Å²) in [6.07, 6.45) is 11.1. The molecule has 8 aromatic rings. The molecule has 5 nitrogen and oxygen atoms in total. The number of H-pyrrole nitrogens is 2. The molecule has 6 heterocycles. The van der Waals surface area contributed by atoms with Gasteiger partial charge >= 0.3 is 0 Å². The smallest absolute Gasteiger partial charge is 0.0737 e. The van der Waals surface area contributed by atoms with Crippen molar-refractivity contribution in [2.45, 2.75) is 94.2 Å². The largest absolute Gasteiger partial charge is 0.354 e. The Balaban J connectivity index is 1.22. The van der Waals surface area contributed by atoms with Gasteiger partial charge in [0.15, 0.2) is 0 Å². The molecule has 1 fully saturated rings. The van der Waals surface area contributed by atoms with E-state index in [0.29, 0.717) is 6.04 Å². The van der Waals surface area contributed by atoms with E-state index in [1.165, 1.54) is 83.5 Å². The van der Waals surface area contributed by atoms with Crippen molar-refractivity contribution in [2.24, 2.45) is 0 Å². The molecule has 3 aromatic heterocycles. The number of benzene rings is 5. The minimum atomic E-state index is 0.286. The zero-order chi connectivity index (χ0) is 47.8. The Kier molecular flexibility index (Phi) is 11.1. The van der Waals surface area contributed by atoms with Crippen molar-refractivity contribution in [3.63, 3.8) is 0 Å². The van der Waals surface area contributed by atoms with Crippen LogP contribution in [0.3, 0.4) is 0 Å². The highest BCUT2D eigenvalue weighted by molar-refractivity contribution is 6.01. The number of aromatic amines is 2. The lowest BCUT2D eigenvalue weighted by atomic mass is 9.92. The summed E-state index contributed by atoms with van der Waals surface area (Å²) in [7, 11) is 0. The standard InChI is InChI=1S/C64H61N5/c1-35-11-13-45(14-12-35)48-19-20-49(65-48)46-15-17-47(18-16-46)61-50-21-23-52(66-50)62(58-39(5)29-36(2)30-40(58)6)54-25-27-56(68-54)64(60-43(9)33-38(4)34-44(60)10)57-28-26-55(69-57)63(53-24-22-51(61)67-53)59-41(7)31-37(3)32-42(59)8/h11-18,21-34,48-49,65-66,69H,19-20H2,1-10H3. The molecule has 0 aliphatic carbocycles. The number of aryl methyl sites for hydroxylation is 10. The number of fused-ring (bicyclic) bond motifs is 8. The van der Waals surface area contributed by atoms with Gasteiger partial charge < -0.3 is 15.3 Å². The molecule has 8 bridgehead atoms. The first-order valence-corrected chi connectivity index (χ1v) is 24.6. The van der Waals surface area contributed by atoms with Crippen LogP contribution in [0.5, 0.6) is 0 Å². The lowest BCUT2D eigenvalue weighted by Crippen LogP contribution is -2.17. The van der Waals surface area contributed by atoms with Crippen LogP contribution in [-0.4, -0.2) is 19.9 Å². The van der Waals surface area contributed by atoms with E-state index in [9.17, 15) is 0 Å². The second-order valence-electron chi connectivity index (χ2n) is 20.2. The maximum absolute atomic E-state index is 5.67. The summed E-state index contributed by atoms with van der Waals surface area (Å²) in [5, 5.41) is 3.96. The lowest BCUT2D eigenvalue weighted by Gasteiger charge is -2.16. The van der Waals surface area contributed by atoms with Crippen molar-refractivity contribution >= 4 is 46.4 Å². The van der Waals surface area contributed by atoms with Gasteiger partial charge in [-0.15, -0.1) is 0 Å². The molecule has 3 aliphatic heterocycles. The average Bonchev–Trinajstić information content (AvgIpc) is 4.17. The molecular formula is C64H61N5. The quantitative estimate of drug-likeness (QED) is 0.156. The molecule has 3 N–H and O–H groups in total. The highest BCUT2D eigenvalue weighted by atomic mass is 15.0. The predicted octanol–water partition coefficient (Wildman–Crippen LogP) is 16.6. The van der Waals surface area contributed by atoms with E-state index < -0.39 is 0 Å². The van der Waals surface area contributed by atoms with Crippen molar-refractivity contribution in [3.8, 4) is 44.5 Å². The Morgan fingerprint density at radius 3 is 0.986 bits per heavy atom. The van der Waals surface area contributed by atoms with E-state index in [-0.39, 0.29) is 6.04 Å². The van der Waals surface area contributed by atoms with E-state index in [1.54, 1.807) is 0 Å². The number of nitrogens with zero attached hydrogens (tertiary/aromatic N) is 2. The SMILES string of the molecule is Cc1ccc(C2CCC(c3ccc(-c4c5nc(c(-c6c(C)cc(C)cc6C)c6ccc([nH]6)c(-c6c(C)cc(C)cc6C)c6nc(c(-c7c(C)cc(C)cc7C)c7ccc4[nH]7)C=C6)C=C5)cc3)N2)cc1. The molecule has 0 amide bonds. The van der Waals surface area contributed by atoms with Crippen LogP contribution in [0.2, 0.25) is 0 Å². The summed E-state index contributed by atoms with van der Waals surface area (Å²) >= 11 is 0. The average molecular weight is 900 g/mol. The van der Waals surface area contributed by atoms with E-state index in [0.717, 1.165) is 85.5 Å². The summed E-state index contributed by atoms with van der Waals surface area (Å²) in [6, 6.07) is 41.6. The first-order valence-electron chi connectivity index (χ1n) is 24.6. The van der Waals surface area contributed by atoms with Gasteiger partial charge in [0.1, 0.15) is 0 Å². The first-order chi connectivity index (χ1) is 33.3. The molecule has 5 aromatic carbocycles. The maximum Gasteiger partial charge on any atom is 0.0737 e. The molecule has 1 saturated heterocycles. The summed E-state index contributed by atoms with van der Waals surface area (Å²) < 4.78 is 0. The van der Waals surface area contributed by atoms with Crippen LogP contribution >= 0.6 is 0 Å². The topological polar surface area (TPSA) is 69.4 Å². The number of hydrogen-bond donors (Lipinski definition) is 3. The molecule has 11 rings (SSSR count). The molecule has 0 radical (unpaired) electrons. The highest BCUT2D eigenvalue weighted by Crippen LogP contribution is 2.43. The van der Waals surface area contributed by atoms with Crippen LogP contribution in [0.25, 0.3) is 90.9 Å². The zero-order valence-electron chi connectivity index (χ0n) is 41.7. The second kappa shape index (κ2) is 17.3. The van der Waals surface area contributed by atoms with Gasteiger partial charge in [-0.05, 0) is 197 Å². The Labute approximate surface area is 407 Å². The van der Waals surface area contributed by atoms with Crippen LogP contribution in [-0.2, 0) is 0 Å². The van der Waals surface area contributed by atoms with Crippen LogP contribution in [0.15, 0.2) is 109 Å². The fourth-order valence-corrected chi connectivity index (χ4v) is 12.0. The Hall–Kier alpha value is -7.34. The van der Waals surface area contributed by atoms with Crippen molar-refractivity contribution in [1.82, 2.24) is 25.3 Å². The molecule has 342 valence electrons. The molecule has 2 atom stereocenters. The molecular weight excluding hydrogens is 839 g/mol. The van der Waals surface area contributed by atoms with Gasteiger partial charge in [-0.25, -0.2) is 9.97 Å². The molecule has 69 heavy (non-hydrogen) atoms. The first kappa shape index (κ1) is 44.2. The van der Waals surface area contributed by atoms with Gasteiger partial charge in [-0.2, -0.15) is 0 Å². The summed E-state index contributed by atoms with van der Waals surface area (Å²) in [5.74, 6) is 0. The number of hydrogen-bond acceptors (Lipinski definition) is 3.